The third kappa shape index (κ3) is 3.49. The van der Waals surface area contributed by atoms with Gasteiger partial charge < -0.3 is 4.74 Å². The van der Waals surface area contributed by atoms with Crippen LogP contribution < -0.4 is 4.74 Å². The van der Waals surface area contributed by atoms with Crippen LogP contribution in [-0.4, -0.2) is 12.4 Å². The number of ether oxygens (including phenoxy) is 1. The predicted octanol–water partition coefficient (Wildman–Crippen LogP) is 5.20. The number of hydrogen-bond donors (Lipinski definition) is 0. The molecular formula is C16H17BrO2S. The van der Waals surface area contributed by atoms with E-state index >= 15 is 0 Å². The largest absolute Gasteiger partial charge is 0.485 e. The van der Waals surface area contributed by atoms with E-state index in [1.165, 1.54) is 11.3 Å². The third-order valence-electron chi connectivity index (χ3n) is 3.02. The lowest BCUT2D eigenvalue weighted by molar-refractivity contribution is 0.0924. The van der Waals surface area contributed by atoms with Crippen LogP contribution in [0.25, 0.3) is 0 Å². The number of rotatable bonds is 5. The van der Waals surface area contributed by atoms with Crippen molar-refractivity contribution in [2.24, 2.45) is 0 Å². The number of carbonyl (C=O) groups is 1. The highest BCUT2D eigenvalue weighted by Crippen LogP contribution is 2.28. The minimum absolute atomic E-state index is 0.00286. The normalized spacial score (nSPS) is 10.8. The van der Waals surface area contributed by atoms with E-state index in [-0.39, 0.29) is 12.4 Å². The van der Waals surface area contributed by atoms with Gasteiger partial charge in [-0.2, -0.15) is 0 Å². The summed E-state index contributed by atoms with van der Waals surface area (Å²) in [6.45, 7) is 6.33. The van der Waals surface area contributed by atoms with Gasteiger partial charge in [0.2, 0.25) is 5.78 Å². The van der Waals surface area contributed by atoms with Crippen molar-refractivity contribution in [2.75, 3.05) is 6.61 Å². The molecule has 0 N–H and O–H groups in total. The quantitative estimate of drug-likeness (QED) is 0.690. The predicted molar refractivity (Wildman–Crippen MR) is 87.1 cm³/mol. The Balaban J connectivity index is 2.13. The maximum Gasteiger partial charge on any atom is 0.211 e. The molecule has 0 amide bonds. The molecule has 4 heteroatoms. The molecule has 0 saturated carbocycles. The summed E-state index contributed by atoms with van der Waals surface area (Å²) >= 11 is 4.81. The first kappa shape index (κ1) is 15.3. The van der Waals surface area contributed by atoms with Crippen molar-refractivity contribution in [3.8, 4) is 5.75 Å². The Morgan fingerprint density at radius 3 is 2.70 bits per heavy atom. The van der Waals surface area contributed by atoms with Crippen molar-refractivity contribution in [1.82, 2.24) is 0 Å². The number of hydrogen-bond acceptors (Lipinski definition) is 3. The Labute approximate surface area is 131 Å². The van der Waals surface area contributed by atoms with Gasteiger partial charge in [0.1, 0.15) is 5.75 Å². The van der Waals surface area contributed by atoms with E-state index in [2.05, 4.69) is 41.9 Å². The standard InChI is InChI=1S/C16H17BrO2S/c1-10(2)12-5-4-11(3)8-15(12)19-9-14(18)16-13(17)6-7-20-16/h4-8,10H,9H2,1-3H3. The van der Waals surface area contributed by atoms with Crippen LogP contribution in [0, 0.1) is 6.92 Å². The van der Waals surface area contributed by atoms with Gasteiger partial charge in [-0.25, -0.2) is 0 Å². The molecule has 0 radical (unpaired) electrons. The Hall–Kier alpha value is -1.13. The Morgan fingerprint density at radius 1 is 1.35 bits per heavy atom. The van der Waals surface area contributed by atoms with Crippen molar-refractivity contribution < 1.29 is 9.53 Å². The fraction of sp³-hybridized carbons (Fsp3) is 0.312. The summed E-state index contributed by atoms with van der Waals surface area (Å²) < 4.78 is 6.59. The molecule has 0 aliphatic carbocycles. The van der Waals surface area contributed by atoms with Gasteiger partial charge in [-0.3, -0.25) is 4.79 Å². The molecule has 0 bridgehead atoms. The van der Waals surface area contributed by atoms with Crippen LogP contribution in [-0.2, 0) is 0 Å². The zero-order valence-electron chi connectivity index (χ0n) is 11.8. The first-order valence-corrected chi connectivity index (χ1v) is 8.16. The van der Waals surface area contributed by atoms with Gasteiger partial charge in [0, 0.05) is 4.47 Å². The van der Waals surface area contributed by atoms with Crippen molar-refractivity contribution >= 4 is 33.0 Å². The smallest absolute Gasteiger partial charge is 0.211 e. The number of thiophene rings is 1. The highest BCUT2D eigenvalue weighted by atomic mass is 79.9. The van der Waals surface area contributed by atoms with Crippen LogP contribution in [0.15, 0.2) is 34.1 Å². The second-order valence-corrected chi connectivity index (χ2v) is 6.78. The highest BCUT2D eigenvalue weighted by molar-refractivity contribution is 9.10. The molecule has 1 aromatic heterocycles. The average Bonchev–Trinajstić information content (AvgIpc) is 2.82. The van der Waals surface area contributed by atoms with E-state index in [1.54, 1.807) is 0 Å². The third-order valence-corrected chi connectivity index (χ3v) is 4.90. The Bertz CT molecular complexity index is 617. The summed E-state index contributed by atoms with van der Waals surface area (Å²) in [6.07, 6.45) is 0. The lowest BCUT2D eigenvalue weighted by Crippen LogP contribution is -2.12. The van der Waals surface area contributed by atoms with Gasteiger partial charge in [-0.1, -0.05) is 26.0 Å². The number of halogens is 1. The van der Waals surface area contributed by atoms with E-state index in [4.69, 9.17) is 4.74 Å². The molecule has 0 saturated heterocycles. The monoisotopic (exact) mass is 352 g/mol. The minimum Gasteiger partial charge on any atom is -0.485 e. The van der Waals surface area contributed by atoms with Gasteiger partial charge in [0.05, 0.1) is 4.88 Å². The first-order valence-electron chi connectivity index (χ1n) is 6.48. The molecular weight excluding hydrogens is 336 g/mol. The second kappa shape index (κ2) is 6.55. The van der Waals surface area contributed by atoms with Crippen LogP contribution in [0.2, 0.25) is 0 Å². The van der Waals surface area contributed by atoms with E-state index < -0.39 is 0 Å². The van der Waals surface area contributed by atoms with E-state index in [0.717, 1.165) is 21.3 Å². The van der Waals surface area contributed by atoms with Gasteiger partial charge in [0.15, 0.2) is 6.61 Å². The lowest BCUT2D eigenvalue weighted by atomic mass is 10.0. The molecule has 106 valence electrons. The van der Waals surface area contributed by atoms with Crippen LogP contribution in [0.4, 0.5) is 0 Å². The molecule has 0 atom stereocenters. The molecule has 0 aliphatic rings. The van der Waals surface area contributed by atoms with E-state index in [9.17, 15) is 4.79 Å². The summed E-state index contributed by atoms with van der Waals surface area (Å²) in [6, 6.07) is 8.01. The molecule has 0 spiro atoms. The van der Waals surface area contributed by atoms with Crippen molar-refractivity contribution in [2.45, 2.75) is 26.7 Å². The lowest BCUT2D eigenvalue weighted by Gasteiger charge is -2.14. The van der Waals surface area contributed by atoms with Gasteiger partial charge in [0.25, 0.3) is 0 Å². The summed E-state index contributed by atoms with van der Waals surface area (Å²) in [5.74, 6) is 1.18. The van der Waals surface area contributed by atoms with Crippen molar-refractivity contribution in [3.05, 3.63) is 50.1 Å². The molecule has 0 unspecified atom stereocenters. The van der Waals surface area contributed by atoms with Gasteiger partial charge in [-0.15, -0.1) is 11.3 Å². The molecule has 2 aromatic rings. The van der Waals surface area contributed by atoms with Gasteiger partial charge in [-0.05, 0) is 57.4 Å². The van der Waals surface area contributed by atoms with Crippen molar-refractivity contribution in [3.63, 3.8) is 0 Å². The van der Waals surface area contributed by atoms with E-state index in [0.29, 0.717) is 10.8 Å². The van der Waals surface area contributed by atoms with Crippen LogP contribution in [0.5, 0.6) is 5.75 Å². The number of ketones is 1. The van der Waals surface area contributed by atoms with Crippen LogP contribution in [0.1, 0.15) is 40.6 Å². The fourth-order valence-corrected chi connectivity index (χ4v) is 3.46. The maximum atomic E-state index is 12.1. The number of carbonyl (C=O) groups excluding carboxylic acids is 1. The van der Waals surface area contributed by atoms with Crippen molar-refractivity contribution in [1.29, 1.82) is 0 Å². The molecule has 0 fully saturated rings. The van der Waals surface area contributed by atoms with E-state index in [1.807, 2.05) is 24.4 Å². The Morgan fingerprint density at radius 2 is 2.10 bits per heavy atom. The average molecular weight is 353 g/mol. The summed E-state index contributed by atoms with van der Waals surface area (Å²) in [5, 5.41) is 1.89. The second-order valence-electron chi connectivity index (χ2n) is 5.01. The van der Waals surface area contributed by atoms with Crippen LogP contribution in [0.3, 0.4) is 0 Å². The van der Waals surface area contributed by atoms with Gasteiger partial charge >= 0.3 is 0 Å². The summed E-state index contributed by atoms with van der Waals surface area (Å²) in [4.78, 5) is 12.8. The SMILES string of the molecule is Cc1ccc(C(C)C)c(OCC(=O)c2sccc2Br)c1. The summed E-state index contributed by atoms with van der Waals surface area (Å²) in [7, 11) is 0. The topological polar surface area (TPSA) is 26.3 Å². The zero-order valence-corrected chi connectivity index (χ0v) is 14.2. The number of aryl methyl sites for hydroxylation is 1. The maximum absolute atomic E-state index is 12.1. The molecule has 1 aromatic carbocycles. The Kier molecular flexibility index (Phi) is 5.00. The zero-order chi connectivity index (χ0) is 14.7. The van der Waals surface area contributed by atoms with Crippen LogP contribution >= 0.6 is 27.3 Å². The molecule has 20 heavy (non-hydrogen) atoms. The highest BCUT2D eigenvalue weighted by Gasteiger charge is 2.14. The summed E-state index contributed by atoms with van der Waals surface area (Å²) in [5.41, 5.74) is 2.27. The molecule has 1 heterocycles. The number of Topliss-reactive ketones (excluding diaryl/α,β-unsaturated/α-hetero) is 1. The molecule has 2 nitrogen and oxygen atoms in total. The number of benzene rings is 1. The fourth-order valence-electron chi connectivity index (χ4n) is 1.95. The molecule has 0 aliphatic heterocycles. The minimum atomic E-state index is 0.00286. The first-order chi connectivity index (χ1) is 9.49. The molecule has 2 rings (SSSR count).